The largest absolute Gasteiger partial charge is 0.360 e. The molecule has 0 aromatic carbocycles. The number of rotatable bonds is 3. The minimum Gasteiger partial charge on any atom is -0.360 e. The van der Waals surface area contributed by atoms with Gasteiger partial charge in [0.1, 0.15) is 6.04 Å². The molecule has 0 radical (unpaired) electrons. The Morgan fingerprint density at radius 2 is 2.00 bits per heavy atom. The van der Waals surface area contributed by atoms with Crippen LogP contribution in [0.3, 0.4) is 0 Å². The minimum atomic E-state index is -0.254. The number of amides is 2. The van der Waals surface area contributed by atoms with Crippen LogP contribution in [-0.2, 0) is 16.1 Å². The molecule has 7 heteroatoms. The summed E-state index contributed by atoms with van der Waals surface area (Å²) in [6.07, 6.45) is 1.71. The number of hydrogen-bond donors (Lipinski definition) is 0. The number of carbonyl (C=O) groups excluding carboxylic acids is 2. The maximum absolute atomic E-state index is 12.7. The van der Waals surface area contributed by atoms with Crippen LogP contribution in [0.15, 0.2) is 10.6 Å². The molecule has 126 valence electrons. The van der Waals surface area contributed by atoms with Crippen molar-refractivity contribution in [3.63, 3.8) is 0 Å². The van der Waals surface area contributed by atoms with Crippen molar-refractivity contribution in [3.8, 4) is 0 Å². The van der Waals surface area contributed by atoms with E-state index in [1.54, 1.807) is 11.8 Å². The highest BCUT2D eigenvalue weighted by Crippen LogP contribution is 2.20. The van der Waals surface area contributed by atoms with Crippen molar-refractivity contribution in [3.05, 3.63) is 17.5 Å². The number of aryl methyl sites for hydroxylation is 1. The van der Waals surface area contributed by atoms with E-state index in [1.165, 1.54) is 0 Å². The third-order valence-electron chi connectivity index (χ3n) is 4.68. The van der Waals surface area contributed by atoms with E-state index in [4.69, 9.17) is 4.52 Å². The van der Waals surface area contributed by atoms with E-state index in [1.807, 2.05) is 17.9 Å². The number of carbonyl (C=O) groups is 2. The zero-order chi connectivity index (χ0) is 16.4. The Balaban J connectivity index is 1.52. The molecule has 0 bridgehead atoms. The fraction of sp³-hybridized carbons (Fsp3) is 0.688. The summed E-state index contributed by atoms with van der Waals surface area (Å²) < 4.78 is 5.25. The van der Waals surface area contributed by atoms with Gasteiger partial charge in [-0.25, -0.2) is 0 Å². The number of aromatic nitrogens is 1. The van der Waals surface area contributed by atoms with Gasteiger partial charge in [0.25, 0.3) is 0 Å². The van der Waals surface area contributed by atoms with Crippen LogP contribution in [-0.4, -0.2) is 70.4 Å². The summed E-state index contributed by atoms with van der Waals surface area (Å²) in [5.41, 5.74) is 0.888. The molecule has 2 amide bonds. The van der Waals surface area contributed by atoms with E-state index in [9.17, 15) is 9.59 Å². The molecule has 0 N–H and O–H groups in total. The molecule has 3 heterocycles. The van der Waals surface area contributed by atoms with E-state index in [-0.39, 0.29) is 17.9 Å². The SMILES string of the molecule is CC(=O)N1CCC[C@@H]1C(=O)N1CCN(Cc2cc(C)no2)CC1. The second-order valence-corrected chi connectivity index (χ2v) is 6.41. The molecule has 2 aliphatic rings. The Labute approximate surface area is 136 Å². The summed E-state index contributed by atoms with van der Waals surface area (Å²) in [4.78, 5) is 30.2. The van der Waals surface area contributed by atoms with Crippen molar-refractivity contribution in [2.75, 3.05) is 32.7 Å². The standard InChI is InChI=1S/C16H24N4O3/c1-12-10-14(23-17-12)11-18-6-8-19(9-7-18)16(22)15-4-3-5-20(15)13(2)21/h10,15H,3-9,11H2,1-2H3/t15-/m1/s1. The number of nitrogens with zero attached hydrogens (tertiary/aromatic N) is 4. The molecule has 0 aliphatic carbocycles. The second kappa shape index (κ2) is 6.70. The average Bonchev–Trinajstić information content (AvgIpc) is 3.16. The van der Waals surface area contributed by atoms with Gasteiger partial charge in [0.15, 0.2) is 5.76 Å². The molecule has 0 saturated carbocycles. The van der Waals surface area contributed by atoms with E-state index in [2.05, 4.69) is 10.1 Å². The second-order valence-electron chi connectivity index (χ2n) is 6.41. The molecule has 3 rings (SSSR count). The van der Waals surface area contributed by atoms with Gasteiger partial charge in [0.05, 0.1) is 12.2 Å². The maximum atomic E-state index is 12.7. The summed E-state index contributed by atoms with van der Waals surface area (Å²) in [6, 6.07) is 1.69. The Hall–Kier alpha value is -1.89. The van der Waals surface area contributed by atoms with Crippen molar-refractivity contribution >= 4 is 11.8 Å². The van der Waals surface area contributed by atoms with E-state index in [0.29, 0.717) is 19.6 Å². The van der Waals surface area contributed by atoms with Gasteiger partial charge in [-0.3, -0.25) is 14.5 Å². The fourth-order valence-electron chi connectivity index (χ4n) is 3.45. The Morgan fingerprint density at radius 1 is 1.26 bits per heavy atom. The molecule has 1 aromatic heterocycles. The van der Waals surface area contributed by atoms with Gasteiger partial charge in [-0.2, -0.15) is 0 Å². The lowest BCUT2D eigenvalue weighted by Gasteiger charge is -2.36. The first kappa shape index (κ1) is 16.0. The number of hydrogen-bond acceptors (Lipinski definition) is 5. The Kier molecular flexibility index (Phi) is 4.66. The van der Waals surface area contributed by atoms with Crippen LogP contribution in [0, 0.1) is 6.92 Å². The Morgan fingerprint density at radius 3 is 2.61 bits per heavy atom. The lowest BCUT2D eigenvalue weighted by molar-refractivity contribution is -0.144. The molecule has 0 spiro atoms. The molecular formula is C16H24N4O3. The molecule has 23 heavy (non-hydrogen) atoms. The van der Waals surface area contributed by atoms with Gasteiger partial charge in [-0.05, 0) is 19.8 Å². The molecule has 7 nitrogen and oxygen atoms in total. The third kappa shape index (κ3) is 3.55. The lowest BCUT2D eigenvalue weighted by Crippen LogP contribution is -2.54. The smallest absolute Gasteiger partial charge is 0.245 e. The molecule has 1 atom stereocenters. The van der Waals surface area contributed by atoms with Crippen molar-refractivity contribution in [2.45, 2.75) is 39.3 Å². The zero-order valence-electron chi connectivity index (χ0n) is 13.8. The first-order chi connectivity index (χ1) is 11.0. The summed E-state index contributed by atoms with van der Waals surface area (Å²) in [5.74, 6) is 0.967. The quantitative estimate of drug-likeness (QED) is 0.817. The topological polar surface area (TPSA) is 69.9 Å². The van der Waals surface area contributed by atoms with Crippen molar-refractivity contribution < 1.29 is 14.1 Å². The maximum Gasteiger partial charge on any atom is 0.245 e. The van der Waals surface area contributed by atoms with Crippen LogP contribution >= 0.6 is 0 Å². The zero-order valence-corrected chi connectivity index (χ0v) is 13.8. The van der Waals surface area contributed by atoms with Gasteiger partial charge in [-0.15, -0.1) is 0 Å². The normalized spacial score (nSPS) is 22.6. The first-order valence-electron chi connectivity index (χ1n) is 8.25. The predicted octanol–water partition coefficient (Wildman–Crippen LogP) is 0.638. The van der Waals surface area contributed by atoms with Crippen molar-refractivity contribution in [1.82, 2.24) is 19.9 Å². The monoisotopic (exact) mass is 320 g/mol. The van der Waals surface area contributed by atoms with Crippen LogP contribution in [0.4, 0.5) is 0 Å². The van der Waals surface area contributed by atoms with Gasteiger partial charge in [-0.1, -0.05) is 5.16 Å². The summed E-state index contributed by atoms with van der Waals surface area (Å²) in [7, 11) is 0. The van der Waals surface area contributed by atoms with Crippen molar-refractivity contribution in [2.24, 2.45) is 0 Å². The van der Waals surface area contributed by atoms with Crippen LogP contribution < -0.4 is 0 Å². The highest BCUT2D eigenvalue weighted by atomic mass is 16.5. The first-order valence-corrected chi connectivity index (χ1v) is 8.25. The minimum absolute atomic E-state index is 0.000162. The molecule has 1 aromatic rings. The summed E-state index contributed by atoms with van der Waals surface area (Å²) in [5, 5.41) is 3.90. The van der Waals surface area contributed by atoms with Crippen molar-refractivity contribution in [1.29, 1.82) is 0 Å². The van der Waals surface area contributed by atoms with Gasteiger partial charge in [0.2, 0.25) is 11.8 Å². The fourth-order valence-corrected chi connectivity index (χ4v) is 3.45. The summed E-state index contributed by atoms with van der Waals surface area (Å²) >= 11 is 0. The van der Waals surface area contributed by atoms with E-state index in [0.717, 1.165) is 43.9 Å². The highest BCUT2D eigenvalue weighted by molar-refractivity contribution is 5.87. The summed E-state index contributed by atoms with van der Waals surface area (Å²) in [6.45, 7) is 7.93. The number of piperazine rings is 1. The molecule has 0 unspecified atom stereocenters. The van der Waals surface area contributed by atoms with Crippen LogP contribution in [0.2, 0.25) is 0 Å². The molecule has 2 fully saturated rings. The molecule has 2 aliphatic heterocycles. The van der Waals surface area contributed by atoms with Gasteiger partial charge >= 0.3 is 0 Å². The van der Waals surface area contributed by atoms with Crippen LogP contribution in [0.25, 0.3) is 0 Å². The Bertz CT molecular complexity index is 578. The van der Waals surface area contributed by atoms with E-state index < -0.39 is 0 Å². The molecular weight excluding hydrogens is 296 g/mol. The van der Waals surface area contributed by atoms with E-state index >= 15 is 0 Å². The molecule has 2 saturated heterocycles. The third-order valence-corrected chi connectivity index (χ3v) is 4.68. The van der Waals surface area contributed by atoms with Gasteiger partial charge < -0.3 is 14.3 Å². The van der Waals surface area contributed by atoms with Gasteiger partial charge in [0, 0.05) is 45.7 Å². The average molecular weight is 320 g/mol. The lowest BCUT2D eigenvalue weighted by atomic mass is 10.1. The van der Waals surface area contributed by atoms with Crippen LogP contribution in [0.1, 0.15) is 31.2 Å². The van der Waals surface area contributed by atoms with Crippen LogP contribution in [0.5, 0.6) is 0 Å². The number of likely N-dealkylation sites (tertiary alicyclic amines) is 1. The predicted molar refractivity (Wildman–Crippen MR) is 83.5 cm³/mol. The highest BCUT2D eigenvalue weighted by Gasteiger charge is 2.36.